The molecule has 0 spiro atoms. The molecule has 1 saturated carbocycles. The van der Waals surface area contributed by atoms with Gasteiger partial charge in [-0.15, -0.1) is 0 Å². The zero-order chi connectivity index (χ0) is 11.0. The fourth-order valence-corrected chi connectivity index (χ4v) is 3.19. The SMILES string of the molecule is Cc1ccc(C[C@@H]2C[C@H]3CCCO[C@H]32)cc1. The van der Waals surface area contributed by atoms with Crippen molar-refractivity contribution in [3.05, 3.63) is 35.4 Å². The van der Waals surface area contributed by atoms with E-state index in [0.717, 1.165) is 18.4 Å². The molecule has 1 heteroatoms. The molecule has 0 bridgehead atoms. The maximum Gasteiger partial charge on any atom is 0.0634 e. The summed E-state index contributed by atoms with van der Waals surface area (Å²) in [7, 11) is 0. The van der Waals surface area contributed by atoms with Crippen LogP contribution in [0.25, 0.3) is 0 Å². The van der Waals surface area contributed by atoms with Crippen molar-refractivity contribution in [1.29, 1.82) is 0 Å². The highest BCUT2D eigenvalue weighted by atomic mass is 16.5. The molecule has 0 aromatic heterocycles. The minimum Gasteiger partial charge on any atom is -0.378 e. The second kappa shape index (κ2) is 4.21. The van der Waals surface area contributed by atoms with Crippen LogP contribution < -0.4 is 0 Å². The van der Waals surface area contributed by atoms with Gasteiger partial charge in [0, 0.05) is 6.61 Å². The van der Waals surface area contributed by atoms with Crippen LogP contribution in [0.5, 0.6) is 0 Å². The molecule has 1 aromatic carbocycles. The van der Waals surface area contributed by atoms with Crippen LogP contribution >= 0.6 is 0 Å². The van der Waals surface area contributed by atoms with Gasteiger partial charge in [0.25, 0.3) is 0 Å². The van der Waals surface area contributed by atoms with E-state index in [1.807, 2.05) is 0 Å². The number of hydrogen-bond donors (Lipinski definition) is 0. The molecule has 16 heavy (non-hydrogen) atoms. The Morgan fingerprint density at radius 2 is 2.06 bits per heavy atom. The maximum atomic E-state index is 5.89. The number of fused-ring (bicyclic) bond motifs is 1. The molecule has 3 atom stereocenters. The number of aryl methyl sites for hydroxylation is 1. The molecule has 86 valence electrons. The molecule has 0 radical (unpaired) electrons. The Morgan fingerprint density at radius 1 is 1.25 bits per heavy atom. The van der Waals surface area contributed by atoms with Crippen molar-refractivity contribution >= 4 is 0 Å². The van der Waals surface area contributed by atoms with E-state index in [1.165, 1.54) is 36.8 Å². The second-order valence-corrected chi connectivity index (χ2v) is 5.42. The molecule has 0 amide bonds. The van der Waals surface area contributed by atoms with Crippen LogP contribution in [0.4, 0.5) is 0 Å². The molecule has 0 N–H and O–H groups in total. The molecule has 1 aromatic rings. The first-order chi connectivity index (χ1) is 7.83. The average Bonchev–Trinajstić information content (AvgIpc) is 2.28. The van der Waals surface area contributed by atoms with Crippen LogP contribution in [0.1, 0.15) is 30.4 Å². The van der Waals surface area contributed by atoms with Crippen LogP contribution in [0.15, 0.2) is 24.3 Å². The standard InChI is InChI=1S/C15H20O/c1-11-4-6-12(7-5-11)9-14-10-13-3-2-8-16-15(13)14/h4-7,13-15H,2-3,8-10H2,1H3/t13-,14-,15-/m1/s1. The van der Waals surface area contributed by atoms with Gasteiger partial charge in [-0.3, -0.25) is 0 Å². The predicted molar refractivity (Wildman–Crippen MR) is 65.5 cm³/mol. The summed E-state index contributed by atoms with van der Waals surface area (Å²) in [5.41, 5.74) is 2.83. The van der Waals surface area contributed by atoms with Crippen molar-refractivity contribution in [3.63, 3.8) is 0 Å². The van der Waals surface area contributed by atoms with Gasteiger partial charge in [0.2, 0.25) is 0 Å². The third-order valence-corrected chi connectivity index (χ3v) is 4.18. The average molecular weight is 216 g/mol. The molecular formula is C15H20O. The topological polar surface area (TPSA) is 9.23 Å². The van der Waals surface area contributed by atoms with Crippen molar-refractivity contribution in [3.8, 4) is 0 Å². The molecule has 1 aliphatic carbocycles. The summed E-state index contributed by atoms with van der Waals surface area (Å²) in [5.74, 6) is 1.66. The Morgan fingerprint density at radius 3 is 2.81 bits per heavy atom. The Balaban J connectivity index is 1.61. The minimum absolute atomic E-state index is 0.579. The Labute approximate surface area is 97.8 Å². The van der Waals surface area contributed by atoms with Gasteiger partial charge in [0.05, 0.1) is 6.10 Å². The molecule has 1 aliphatic heterocycles. The van der Waals surface area contributed by atoms with Crippen molar-refractivity contribution in [2.75, 3.05) is 6.61 Å². The first kappa shape index (κ1) is 10.3. The lowest BCUT2D eigenvalue weighted by atomic mass is 9.66. The van der Waals surface area contributed by atoms with E-state index in [-0.39, 0.29) is 0 Å². The molecular weight excluding hydrogens is 196 g/mol. The number of hydrogen-bond acceptors (Lipinski definition) is 1. The normalized spacial score (nSPS) is 32.9. The van der Waals surface area contributed by atoms with E-state index in [1.54, 1.807) is 0 Å². The van der Waals surface area contributed by atoms with Gasteiger partial charge in [-0.25, -0.2) is 0 Å². The number of benzene rings is 1. The van der Waals surface area contributed by atoms with E-state index < -0.39 is 0 Å². The van der Waals surface area contributed by atoms with Gasteiger partial charge in [-0.2, -0.15) is 0 Å². The third kappa shape index (κ3) is 1.89. The second-order valence-electron chi connectivity index (χ2n) is 5.42. The summed E-state index contributed by atoms with van der Waals surface area (Å²) in [4.78, 5) is 0. The minimum atomic E-state index is 0.579. The van der Waals surface area contributed by atoms with Crippen LogP contribution in [0.2, 0.25) is 0 Å². The first-order valence-corrected chi connectivity index (χ1v) is 6.50. The van der Waals surface area contributed by atoms with Crippen molar-refractivity contribution in [1.82, 2.24) is 0 Å². The van der Waals surface area contributed by atoms with Crippen molar-refractivity contribution < 1.29 is 4.74 Å². The van der Waals surface area contributed by atoms with Gasteiger partial charge < -0.3 is 4.74 Å². The van der Waals surface area contributed by atoms with E-state index in [4.69, 9.17) is 4.74 Å². The smallest absolute Gasteiger partial charge is 0.0634 e. The summed E-state index contributed by atoms with van der Waals surface area (Å²) >= 11 is 0. The Kier molecular flexibility index (Phi) is 2.72. The summed E-state index contributed by atoms with van der Waals surface area (Å²) in [6.45, 7) is 3.14. The lowest BCUT2D eigenvalue weighted by Crippen LogP contribution is -2.47. The van der Waals surface area contributed by atoms with Crippen LogP contribution in [-0.2, 0) is 11.2 Å². The molecule has 2 fully saturated rings. The first-order valence-electron chi connectivity index (χ1n) is 6.50. The van der Waals surface area contributed by atoms with Crippen molar-refractivity contribution in [2.45, 2.75) is 38.7 Å². The zero-order valence-corrected chi connectivity index (χ0v) is 9.99. The predicted octanol–water partition coefficient (Wildman–Crippen LogP) is 3.35. The highest BCUT2D eigenvalue weighted by molar-refractivity contribution is 5.22. The monoisotopic (exact) mass is 216 g/mol. The van der Waals surface area contributed by atoms with E-state index >= 15 is 0 Å². The highest BCUT2D eigenvalue weighted by Crippen LogP contribution is 2.43. The fraction of sp³-hybridized carbons (Fsp3) is 0.600. The van der Waals surface area contributed by atoms with E-state index in [9.17, 15) is 0 Å². The van der Waals surface area contributed by atoms with Gasteiger partial charge in [-0.05, 0) is 50.0 Å². The Hall–Kier alpha value is -0.820. The van der Waals surface area contributed by atoms with E-state index in [0.29, 0.717) is 6.10 Å². The van der Waals surface area contributed by atoms with Crippen LogP contribution in [-0.4, -0.2) is 12.7 Å². The molecule has 1 heterocycles. The van der Waals surface area contributed by atoms with Gasteiger partial charge in [0.15, 0.2) is 0 Å². The number of rotatable bonds is 2. The largest absolute Gasteiger partial charge is 0.378 e. The fourth-order valence-electron chi connectivity index (χ4n) is 3.19. The molecule has 0 unspecified atom stereocenters. The van der Waals surface area contributed by atoms with Crippen molar-refractivity contribution in [2.24, 2.45) is 11.8 Å². The van der Waals surface area contributed by atoms with E-state index in [2.05, 4.69) is 31.2 Å². The summed E-state index contributed by atoms with van der Waals surface area (Å²) < 4.78 is 5.89. The van der Waals surface area contributed by atoms with Crippen LogP contribution in [0, 0.1) is 18.8 Å². The molecule has 3 rings (SSSR count). The third-order valence-electron chi connectivity index (χ3n) is 4.18. The van der Waals surface area contributed by atoms with Crippen LogP contribution in [0.3, 0.4) is 0 Å². The quantitative estimate of drug-likeness (QED) is 0.736. The Bertz CT molecular complexity index is 354. The zero-order valence-electron chi connectivity index (χ0n) is 9.99. The summed E-state index contributed by atoms with van der Waals surface area (Å²) in [6, 6.07) is 8.97. The maximum absolute atomic E-state index is 5.89. The van der Waals surface area contributed by atoms with Gasteiger partial charge >= 0.3 is 0 Å². The molecule has 2 aliphatic rings. The molecule has 1 saturated heterocycles. The number of ether oxygens (including phenoxy) is 1. The summed E-state index contributed by atoms with van der Waals surface area (Å²) in [5, 5.41) is 0. The highest BCUT2D eigenvalue weighted by Gasteiger charge is 2.42. The van der Waals surface area contributed by atoms with Gasteiger partial charge in [0.1, 0.15) is 0 Å². The lowest BCUT2D eigenvalue weighted by molar-refractivity contribution is -0.126. The summed E-state index contributed by atoms with van der Waals surface area (Å²) in [6.07, 6.45) is 5.85. The molecule has 1 nitrogen and oxygen atoms in total. The van der Waals surface area contributed by atoms with Gasteiger partial charge in [-0.1, -0.05) is 29.8 Å². The lowest BCUT2D eigenvalue weighted by Gasteiger charge is -2.47.